The summed E-state index contributed by atoms with van der Waals surface area (Å²) in [4.78, 5) is 3.58. The Morgan fingerprint density at radius 3 is 1.34 bits per heavy atom. The van der Waals surface area contributed by atoms with Crippen molar-refractivity contribution in [2.75, 3.05) is 0 Å². The third kappa shape index (κ3) is 3.03. The van der Waals surface area contributed by atoms with E-state index < -0.39 is 0 Å². The fourth-order valence-electron chi connectivity index (χ4n) is 4.51. The first-order chi connectivity index (χ1) is 14.0. The van der Waals surface area contributed by atoms with Gasteiger partial charge in [0.15, 0.2) is 0 Å². The summed E-state index contributed by atoms with van der Waals surface area (Å²) in [5, 5.41) is 2.56. The van der Waals surface area contributed by atoms with Gasteiger partial charge in [0.2, 0.25) is 0 Å². The first-order valence-corrected chi connectivity index (χ1v) is 10.2. The fraction of sp³-hybridized carbons (Fsp3) is 0.143. The van der Waals surface area contributed by atoms with Crippen molar-refractivity contribution in [1.29, 1.82) is 0 Å². The largest absolute Gasteiger partial charge is 0.355 e. The summed E-state index contributed by atoms with van der Waals surface area (Å²) in [5.74, 6) is 0. The van der Waals surface area contributed by atoms with E-state index in [2.05, 4.69) is 105 Å². The van der Waals surface area contributed by atoms with E-state index in [9.17, 15) is 0 Å². The lowest BCUT2D eigenvalue weighted by molar-refractivity contribution is 1.38. The maximum absolute atomic E-state index is 3.58. The molecule has 4 aromatic carbocycles. The maximum atomic E-state index is 3.58. The molecule has 0 atom stereocenters. The molecule has 0 saturated carbocycles. The van der Waals surface area contributed by atoms with Gasteiger partial charge in [-0.2, -0.15) is 0 Å². The molecule has 1 heterocycles. The van der Waals surface area contributed by atoms with Crippen molar-refractivity contribution in [2.24, 2.45) is 0 Å². The van der Waals surface area contributed by atoms with Gasteiger partial charge in [0.25, 0.3) is 0 Å². The molecule has 0 saturated heterocycles. The molecule has 0 bridgehead atoms. The summed E-state index contributed by atoms with van der Waals surface area (Å²) in [5.41, 5.74) is 12.8. The molecule has 0 aliphatic heterocycles. The van der Waals surface area contributed by atoms with E-state index in [-0.39, 0.29) is 0 Å². The fourth-order valence-corrected chi connectivity index (χ4v) is 4.51. The average Bonchev–Trinajstić information content (AvgIpc) is 3.05. The Balaban J connectivity index is 1.71. The minimum Gasteiger partial charge on any atom is -0.355 e. The average molecular weight is 376 g/mol. The molecule has 0 aliphatic carbocycles. The summed E-state index contributed by atoms with van der Waals surface area (Å²) in [6.07, 6.45) is 0. The number of aryl methyl sites for hydroxylation is 4. The molecule has 0 radical (unpaired) electrons. The Kier molecular flexibility index (Phi) is 4.06. The van der Waals surface area contributed by atoms with Crippen LogP contribution in [0.3, 0.4) is 0 Å². The number of rotatable bonds is 2. The molecule has 1 nitrogen and oxygen atoms in total. The summed E-state index contributed by atoms with van der Waals surface area (Å²) in [7, 11) is 0. The maximum Gasteiger partial charge on any atom is 0.0465 e. The molecule has 5 rings (SSSR count). The van der Waals surface area contributed by atoms with Crippen LogP contribution < -0.4 is 0 Å². The van der Waals surface area contributed by atoms with Crippen LogP contribution >= 0.6 is 0 Å². The number of H-pyrrole nitrogens is 1. The number of hydrogen-bond donors (Lipinski definition) is 1. The van der Waals surface area contributed by atoms with Crippen molar-refractivity contribution < 1.29 is 0 Å². The molecule has 5 aromatic rings. The number of fused-ring (bicyclic) bond motifs is 3. The minimum atomic E-state index is 1.19. The van der Waals surface area contributed by atoms with Gasteiger partial charge in [0.1, 0.15) is 0 Å². The van der Waals surface area contributed by atoms with E-state index in [1.807, 2.05) is 0 Å². The zero-order valence-electron chi connectivity index (χ0n) is 17.4. The third-order valence-corrected chi connectivity index (χ3v) is 5.98. The Labute approximate surface area is 172 Å². The van der Waals surface area contributed by atoms with Crippen LogP contribution in [0.15, 0.2) is 72.8 Å². The quantitative estimate of drug-likeness (QED) is 0.323. The molecule has 1 aromatic heterocycles. The minimum absolute atomic E-state index is 1.19. The Morgan fingerprint density at radius 2 is 0.931 bits per heavy atom. The molecule has 0 amide bonds. The van der Waals surface area contributed by atoms with E-state index >= 15 is 0 Å². The van der Waals surface area contributed by atoms with Crippen LogP contribution in [0, 0.1) is 27.7 Å². The second-order valence-electron chi connectivity index (χ2n) is 8.28. The predicted octanol–water partition coefficient (Wildman–Crippen LogP) is 7.89. The van der Waals surface area contributed by atoms with Gasteiger partial charge in [-0.05, 0) is 85.3 Å². The van der Waals surface area contributed by atoms with Gasteiger partial charge in [-0.25, -0.2) is 0 Å². The zero-order valence-corrected chi connectivity index (χ0v) is 17.4. The summed E-state index contributed by atoms with van der Waals surface area (Å²) < 4.78 is 0. The molecular weight excluding hydrogens is 350 g/mol. The van der Waals surface area contributed by atoms with E-state index in [1.54, 1.807) is 0 Å². The molecule has 29 heavy (non-hydrogen) atoms. The first kappa shape index (κ1) is 17.8. The molecule has 0 fully saturated rings. The standard InChI is InChI=1S/C28H25N/c1-17-5-9-23(19(3)13-17)21-7-11-27-25(15-21)26-16-22(8-12-28(26)29-27)24-10-6-18(2)14-20(24)4/h5-16,29H,1-4H3. The van der Waals surface area contributed by atoms with Crippen LogP contribution in [-0.2, 0) is 0 Å². The highest BCUT2D eigenvalue weighted by Crippen LogP contribution is 2.34. The Morgan fingerprint density at radius 1 is 0.483 bits per heavy atom. The highest BCUT2D eigenvalue weighted by molar-refractivity contribution is 6.09. The van der Waals surface area contributed by atoms with Crippen molar-refractivity contribution in [2.45, 2.75) is 27.7 Å². The second-order valence-corrected chi connectivity index (χ2v) is 8.28. The smallest absolute Gasteiger partial charge is 0.0465 e. The molecule has 142 valence electrons. The highest BCUT2D eigenvalue weighted by atomic mass is 14.7. The van der Waals surface area contributed by atoms with Crippen molar-refractivity contribution in [3.63, 3.8) is 0 Å². The van der Waals surface area contributed by atoms with Crippen molar-refractivity contribution in [1.82, 2.24) is 4.98 Å². The lowest BCUT2D eigenvalue weighted by Crippen LogP contribution is -1.85. The summed E-state index contributed by atoms with van der Waals surface area (Å²) >= 11 is 0. The van der Waals surface area contributed by atoms with Gasteiger partial charge in [-0.3, -0.25) is 0 Å². The van der Waals surface area contributed by atoms with Crippen LogP contribution in [-0.4, -0.2) is 4.98 Å². The zero-order chi connectivity index (χ0) is 20.1. The first-order valence-electron chi connectivity index (χ1n) is 10.2. The predicted molar refractivity (Wildman–Crippen MR) is 126 cm³/mol. The van der Waals surface area contributed by atoms with E-state index in [0.29, 0.717) is 0 Å². The molecule has 0 aliphatic rings. The number of aromatic nitrogens is 1. The molecule has 0 spiro atoms. The molecule has 1 N–H and O–H groups in total. The Bertz CT molecular complexity index is 1280. The molecule has 0 unspecified atom stereocenters. The van der Waals surface area contributed by atoms with Crippen LogP contribution in [0.1, 0.15) is 22.3 Å². The van der Waals surface area contributed by atoms with Crippen molar-refractivity contribution in [3.8, 4) is 22.3 Å². The van der Waals surface area contributed by atoms with Crippen molar-refractivity contribution >= 4 is 21.8 Å². The molecular formula is C28H25N. The van der Waals surface area contributed by atoms with Gasteiger partial charge in [0, 0.05) is 21.8 Å². The van der Waals surface area contributed by atoms with Crippen LogP contribution in [0.4, 0.5) is 0 Å². The van der Waals surface area contributed by atoms with Gasteiger partial charge < -0.3 is 4.98 Å². The number of benzene rings is 4. The lowest BCUT2D eigenvalue weighted by atomic mass is 9.95. The number of aromatic amines is 1. The van der Waals surface area contributed by atoms with Crippen LogP contribution in [0.25, 0.3) is 44.1 Å². The lowest BCUT2D eigenvalue weighted by Gasteiger charge is -2.08. The monoisotopic (exact) mass is 375 g/mol. The Hall–Kier alpha value is -3.32. The summed E-state index contributed by atoms with van der Waals surface area (Å²) in [6, 6.07) is 26.9. The highest BCUT2D eigenvalue weighted by Gasteiger charge is 2.10. The summed E-state index contributed by atoms with van der Waals surface area (Å²) in [6.45, 7) is 8.68. The van der Waals surface area contributed by atoms with E-state index in [1.165, 1.54) is 66.3 Å². The van der Waals surface area contributed by atoms with Gasteiger partial charge in [-0.15, -0.1) is 0 Å². The van der Waals surface area contributed by atoms with Crippen molar-refractivity contribution in [3.05, 3.63) is 95.1 Å². The van der Waals surface area contributed by atoms with Gasteiger partial charge >= 0.3 is 0 Å². The van der Waals surface area contributed by atoms with Crippen LogP contribution in [0.2, 0.25) is 0 Å². The van der Waals surface area contributed by atoms with Gasteiger partial charge in [0.05, 0.1) is 0 Å². The molecule has 1 heteroatoms. The van der Waals surface area contributed by atoms with E-state index in [4.69, 9.17) is 0 Å². The second kappa shape index (κ2) is 6.63. The van der Waals surface area contributed by atoms with Crippen LogP contribution in [0.5, 0.6) is 0 Å². The normalized spacial score (nSPS) is 11.4. The van der Waals surface area contributed by atoms with Gasteiger partial charge in [-0.1, -0.05) is 59.7 Å². The topological polar surface area (TPSA) is 15.8 Å². The number of hydrogen-bond acceptors (Lipinski definition) is 0. The SMILES string of the molecule is Cc1ccc(-c2ccc3[nH]c4ccc(-c5ccc(C)cc5C)cc4c3c2)c(C)c1. The third-order valence-electron chi connectivity index (χ3n) is 5.98. The van der Waals surface area contributed by atoms with E-state index in [0.717, 1.165) is 0 Å². The number of nitrogens with one attached hydrogen (secondary N) is 1.